The molecule has 0 saturated heterocycles. The quantitative estimate of drug-likeness (QED) is 0.574. The van der Waals surface area contributed by atoms with Crippen molar-refractivity contribution in [3.05, 3.63) is 0 Å². The second kappa shape index (κ2) is 4.70. The first-order valence-electron chi connectivity index (χ1n) is 4.06. The molecule has 0 saturated carbocycles. The van der Waals surface area contributed by atoms with Crippen LogP contribution in [0.25, 0.3) is 0 Å². The summed E-state index contributed by atoms with van der Waals surface area (Å²) in [6, 6.07) is 0. The Morgan fingerprint density at radius 1 is 1.45 bits per heavy atom. The molecule has 0 bridgehead atoms. The molecule has 0 spiro atoms. The molecule has 0 heterocycles. The molecule has 68 valence electrons. The molecule has 2 N–H and O–H groups in total. The summed E-state index contributed by atoms with van der Waals surface area (Å²) >= 11 is 0. The van der Waals surface area contributed by atoms with E-state index in [0.29, 0.717) is 0 Å². The van der Waals surface area contributed by atoms with Crippen LogP contribution in [0.15, 0.2) is 0 Å². The zero-order valence-corrected chi connectivity index (χ0v) is 8.02. The van der Waals surface area contributed by atoms with E-state index < -0.39 is 0 Å². The van der Waals surface area contributed by atoms with E-state index in [0.717, 1.165) is 13.0 Å². The molecule has 0 rings (SSSR count). The van der Waals surface area contributed by atoms with Crippen LogP contribution in [-0.4, -0.2) is 37.4 Å². The highest BCUT2D eigenvalue weighted by Gasteiger charge is 2.20. The van der Waals surface area contributed by atoms with E-state index in [1.54, 1.807) is 0 Å². The van der Waals surface area contributed by atoms with Gasteiger partial charge in [-0.25, -0.2) is 0 Å². The smallest absolute Gasteiger partial charge is 0.0497 e. The highest BCUT2D eigenvalue weighted by molar-refractivity contribution is 4.72. The van der Waals surface area contributed by atoms with Gasteiger partial charge in [0.15, 0.2) is 0 Å². The average molecular weight is 160 g/mol. The van der Waals surface area contributed by atoms with Gasteiger partial charge in [0.05, 0.1) is 0 Å². The monoisotopic (exact) mass is 160 g/mol. The predicted molar refractivity (Wildman–Crippen MR) is 47.2 cm³/mol. The summed E-state index contributed by atoms with van der Waals surface area (Å²) in [7, 11) is 3.90. The molecule has 1 unspecified atom stereocenters. The highest BCUT2D eigenvalue weighted by atomic mass is 16.3. The SMILES string of the molecule is CCC(C)(CO)CNN(C)C. The Morgan fingerprint density at radius 2 is 2.00 bits per heavy atom. The molecule has 1 atom stereocenters. The molecule has 0 fully saturated rings. The van der Waals surface area contributed by atoms with Gasteiger partial charge in [-0.1, -0.05) is 13.8 Å². The first-order valence-corrected chi connectivity index (χ1v) is 4.06. The van der Waals surface area contributed by atoms with Crippen molar-refractivity contribution in [3.63, 3.8) is 0 Å². The lowest BCUT2D eigenvalue weighted by atomic mass is 9.89. The molecule has 0 aromatic carbocycles. The van der Waals surface area contributed by atoms with Gasteiger partial charge in [-0.15, -0.1) is 0 Å². The number of hydrazine groups is 1. The van der Waals surface area contributed by atoms with E-state index in [-0.39, 0.29) is 12.0 Å². The second-order valence-corrected chi connectivity index (χ2v) is 3.55. The Morgan fingerprint density at radius 3 is 2.27 bits per heavy atom. The number of aliphatic hydroxyl groups is 1. The van der Waals surface area contributed by atoms with Crippen LogP contribution in [0.1, 0.15) is 20.3 Å². The van der Waals surface area contributed by atoms with Crippen LogP contribution in [-0.2, 0) is 0 Å². The van der Waals surface area contributed by atoms with Gasteiger partial charge in [-0.3, -0.25) is 10.4 Å². The standard InChI is InChI=1S/C8H20N2O/c1-5-8(2,7-11)6-9-10(3)4/h9,11H,5-7H2,1-4H3. The fourth-order valence-corrected chi connectivity index (χ4v) is 0.642. The molecule has 0 amide bonds. The number of nitrogens with one attached hydrogen (secondary N) is 1. The van der Waals surface area contributed by atoms with Crippen molar-refractivity contribution in [1.82, 2.24) is 10.4 Å². The molecule has 3 heteroatoms. The predicted octanol–water partition coefficient (Wildman–Crippen LogP) is 0.461. The Kier molecular flexibility index (Phi) is 4.65. The second-order valence-electron chi connectivity index (χ2n) is 3.55. The first kappa shape index (κ1) is 10.9. The van der Waals surface area contributed by atoms with Crippen molar-refractivity contribution in [1.29, 1.82) is 0 Å². The fraction of sp³-hybridized carbons (Fsp3) is 1.00. The number of hydrogen-bond acceptors (Lipinski definition) is 3. The molecule has 0 aromatic rings. The first-order chi connectivity index (χ1) is 5.04. The number of aliphatic hydroxyl groups excluding tert-OH is 1. The molecule has 3 nitrogen and oxygen atoms in total. The third kappa shape index (κ3) is 4.35. The normalized spacial score (nSPS) is 16.9. The van der Waals surface area contributed by atoms with E-state index in [1.165, 1.54) is 0 Å². The Labute approximate surface area is 69.4 Å². The van der Waals surface area contributed by atoms with E-state index >= 15 is 0 Å². The van der Waals surface area contributed by atoms with Crippen molar-refractivity contribution < 1.29 is 5.11 Å². The zero-order valence-electron chi connectivity index (χ0n) is 8.02. The summed E-state index contributed by atoms with van der Waals surface area (Å²) in [6.07, 6.45) is 0.990. The molecule has 11 heavy (non-hydrogen) atoms. The van der Waals surface area contributed by atoms with Crippen LogP contribution in [0.3, 0.4) is 0 Å². The minimum absolute atomic E-state index is 0.0181. The van der Waals surface area contributed by atoms with Crippen LogP contribution >= 0.6 is 0 Å². The van der Waals surface area contributed by atoms with Gasteiger partial charge in [0.1, 0.15) is 0 Å². The molecule has 0 aromatic heterocycles. The van der Waals surface area contributed by atoms with Gasteiger partial charge in [-0.05, 0) is 6.42 Å². The Hall–Kier alpha value is -0.120. The van der Waals surface area contributed by atoms with Crippen LogP contribution in [0, 0.1) is 5.41 Å². The molecular formula is C8H20N2O. The third-order valence-electron chi connectivity index (χ3n) is 2.06. The van der Waals surface area contributed by atoms with Gasteiger partial charge in [0.2, 0.25) is 0 Å². The highest BCUT2D eigenvalue weighted by Crippen LogP contribution is 2.17. The third-order valence-corrected chi connectivity index (χ3v) is 2.06. The van der Waals surface area contributed by atoms with Crippen LogP contribution < -0.4 is 5.43 Å². The maximum absolute atomic E-state index is 9.04. The van der Waals surface area contributed by atoms with E-state index in [9.17, 15) is 0 Å². The summed E-state index contributed by atoms with van der Waals surface area (Å²) in [4.78, 5) is 0. The van der Waals surface area contributed by atoms with Crippen molar-refractivity contribution in [2.75, 3.05) is 27.2 Å². The summed E-state index contributed by atoms with van der Waals surface area (Å²) in [6.45, 7) is 5.23. The zero-order chi connectivity index (χ0) is 8.91. The number of hydrogen-bond donors (Lipinski definition) is 2. The maximum atomic E-state index is 9.04. The summed E-state index contributed by atoms with van der Waals surface area (Å²) < 4.78 is 0. The van der Waals surface area contributed by atoms with Crippen LogP contribution in [0.5, 0.6) is 0 Å². The average Bonchev–Trinajstić information content (AvgIpc) is 2.00. The summed E-state index contributed by atoms with van der Waals surface area (Å²) in [5.74, 6) is 0. The van der Waals surface area contributed by atoms with Gasteiger partial charge < -0.3 is 5.11 Å². The molecule has 0 aliphatic rings. The lowest BCUT2D eigenvalue weighted by Crippen LogP contribution is -2.41. The van der Waals surface area contributed by atoms with Gasteiger partial charge in [0, 0.05) is 32.7 Å². The van der Waals surface area contributed by atoms with Gasteiger partial charge >= 0.3 is 0 Å². The van der Waals surface area contributed by atoms with Crippen molar-refractivity contribution in [2.45, 2.75) is 20.3 Å². The minimum atomic E-state index is 0.0181. The number of nitrogens with zero attached hydrogens (tertiary/aromatic N) is 1. The van der Waals surface area contributed by atoms with E-state index in [1.807, 2.05) is 19.1 Å². The lowest BCUT2D eigenvalue weighted by Gasteiger charge is -2.27. The topological polar surface area (TPSA) is 35.5 Å². The van der Waals surface area contributed by atoms with E-state index in [4.69, 9.17) is 5.11 Å². The molecule has 0 aliphatic heterocycles. The van der Waals surface area contributed by atoms with Crippen molar-refractivity contribution in [2.24, 2.45) is 5.41 Å². The summed E-state index contributed by atoms with van der Waals surface area (Å²) in [5.41, 5.74) is 3.18. The lowest BCUT2D eigenvalue weighted by molar-refractivity contribution is 0.110. The van der Waals surface area contributed by atoms with E-state index in [2.05, 4.69) is 19.3 Å². The van der Waals surface area contributed by atoms with Crippen LogP contribution in [0.2, 0.25) is 0 Å². The van der Waals surface area contributed by atoms with Crippen molar-refractivity contribution in [3.8, 4) is 0 Å². The number of rotatable bonds is 5. The van der Waals surface area contributed by atoms with Gasteiger partial charge in [-0.2, -0.15) is 0 Å². The molecule has 0 aliphatic carbocycles. The minimum Gasteiger partial charge on any atom is -0.396 e. The Balaban J connectivity index is 3.69. The molecular weight excluding hydrogens is 140 g/mol. The molecule has 0 radical (unpaired) electrons. The van der Waals surface area contributed by atoms with Crippen LogP contribution in [0.4, 0.5) is 0 Å². The largest absolute Gasteiger partial charge is 0.396 e. The fourth-order valence-electron chi connectivity index (χ4n) is 0.642. The van der Waals surface area contributed by atoms with Gasteiger partial charge in [0.25, 0.3) is 0 Å². The Bertz CT molecular complexity index is 100. The maximum Gasteiger partial charge on any atom is 0.0497 e. The van der Waals surface area contributed by atoms with Crippen molar-refractivity contribution >= 4 is 0 Å². The summed E-state index contributed by atoms with van der Waals surface area (Å²) in [5, 5.41) is 10.9.